The average molecular weight is 422 g/mol. The van der Waals surface area contributed by atoms with Gasteiger partial charge in [0.15, 0.2) is 11.7 Å². The number of nitrogens with one attached hydrogen (secondary N) is 1. The van der Waals surface area contributed by atoms with E-state index >= 15 is 0 Å². The Morgan fingerprint density at radius 3 is 2.39 bits per heavy atom. The van der Waals surface area contributed by atoms with E-state index in [0.717, 1.165) is 25.7 Å². The molecule has 1 amide bonds. The number of methoxy groups -OCH3 is 1. The summed E-state index contributed by atoms with van der Waals surface area (Å²) in [7, 11) is 1.40. The summed E-state index contributed by atoms with van der Waals surface area (Å²) < 4.78 is 4.88. The van der Waals surface area contributed by atoms with Crippen molar-refractivity contribution in [2.45, 2.75) is 50.5 Å². The third-order valence-corrected chi connectivity index (χ3v) is 6.27. The van der Waals surface area contributed by atoms with Crippen LogP contribution >= 0.6 is 0 Å². The maximum absolute atomic E-state index is 13.0. The highest BCUT2D eigenvalue weighted by molar-refractivity contribution is 5.89. The minimum absolute atomic E-state index is 0.121. The molecule has 0 radical (unpaired) electrons. The van der Waals surface area contributed by atoms with E-state index in [2.05, 4.69) is 11.4 Å². The van der Waals surface area contributed by atoms with Crippen molar-refractivity contribution in [2.75, 3.05) is 25.1 Å². The van der Waals surface area contributed by atoms with Gasteiger partial charge in [0.25, 0.3) is 0 Å². The topological polar surface area (TPSA) is 108 Å². The maximum atomic E-state index is 13.0. The molecule has 2 heterocycles. The Morgan fingerprint density at radius 1 is 1.13 bits per heavy atom. The van der Waals surface area contributed by atoms with Crippen LogP contribution in [0.2, 0.25) is 0 Å². The molecule has 0 bridgehead atoms. The minimum atomic E-state index is -1.04. The molecule has 1 N–H and O–H groups in total. The molecule has 0 spiro atoms. The van der Waals surface area contributed by atoms with E-state index in [9.17, 15) is 14.9 Å². The predicted molar refractivity (Wildman–Crippen MR) is 115 cm³/mol. The van der Waals surface area contributed by atoms with Crippen LogP contribution in [0.3, 0.4) is 0 Å². The quantitative estimate of drug-likeness (QED) is 0.740. The SMILES string of the molecule is COC(=O)C1CCN(c2nc3ccccc3nc2C(C#N)C(=O)NC2CCCC2)CC1. The Labute approximate surface area is 181 Å². The maximum Gasteiger partial charge on any atom is 0.308 e. The molecular formula is C23H27N5O3. The highest BCUT2D eigenvalue weighted by atomic mass is 16.5. The van der Waals surface area contributed by atoms with Crippen LogP contribution in [0.15, 0.2) is 24.3 Å². The van der Waals surface area contributed by atoms with Crippen molar-refractivity contribution in [3.05, 3.63) is 30.0 Å². The summed E-state index contributed by atoms with van der Waals surface area (Å²) in [5, 5.41) is 12.9. The van der Waals surface area contributed by atoms with E-state index in [1.54, 1.807) is 0 Å². The molecule has 1 atom stereocenters. The zero-order valence-corrected chi connectivity index (χ0v) is 17.7. The number of rotatable bonds is 5. The Morgan fingerprint density at radius 2 is 1.77 bits per heavy atom. The smallest absolute Gasteiger partial charge is 0.308 e. The van der Waals surface area contributed by atoms with Crippen LogP contribution in [-0.4, -0.2) is 48.1 Å². The number of aromatic nitrogens is 2. The number of benzene rings is 1. The second-order valence-electron chi connectivity index (χ2n) is 8.26. The van der Waals surface area contributed by atoms with Crippen molar-refractivity contribution in [2.24, 2.45) is 5.92 Å². The number of carbonyl (C=O) groups is 2. The van der Waals surface area contributed by atoms with Gasteiger partial charge in [0.1, 0.15) is 5.69 Å². The molecule has 1 aromatic heterocycles. The van der Waals surface area contributed by atoms with Crippen LogP contribution in [0.4, 0.5) is 5.82 Å². The van der Waals surface area contributed by atoms with Crippen LogP contribution in [0.25, 0.3) is 11.0 Å². The number of carbonyl (C=O) groups excluding carboxylic acids is 2. The van der Waals surface area contributed by atoms with Gasteiger partial charge in [-0.05, 0) is 37.8 Å². The van der Waals surface area contributed by atoms with Crippen LogP contribution in [-0.2, 0) is 14.3 Å². The number of fused-ring (bicyclic) bond motifs is 1. The second kappa shape index (κ2) is 9.29. The standard InChI is InChI=1S/C23H27N5O3/c1-31-23(30)15-10-12-28(13-11-15)21-20(26-18-8-4-5-9-19(18)27-21)17(14-24)22(29)25-16-6-2-3-7-16/h4-5,8-9,15-17H,2-3,6-7,10-13H2,1H3,(H,25,29). The number of nitrogens with zero attached hydrogens (tertiary/aromatic N) is 4. The van der Waals surface area contributed by atoms with E-state index in [1.165, 1.54) is 7.11 Å². The number of hydrogen-bond acceptors (Lipinski definition) is 7. The van der Waals surface area contributed by atoms with Gasteiger partial charge in [-0.25, -0.2) is 9.97 Å². The molecular weight excluding hydrogens is 394 g/mol. The molecule has 1 aliphatic carbocycles. The minimum Gasteiger partial charge on any atom is -0.469 e. The fraction of sp³-hybridized carbons (Fsp3) is 0.522. The van der Waals surface area contributed by atoms with Gasteiger partial charge in [0.05, 0.1) is 30.1 Å². The molecule has 1 saturated carbocycles. The predicted octanol–water partition coefficient (Wildman–Crippen LogP) is 2.69. The zero-order chi connectivity index (χ0) is 21.8. The molecule has 31 heavy (non-hydrogen) atoms. The summed E-state index contributed by atoms with van der Waals surface area (Å²) in [5.41, 5.74) is 1.75. The van der Waals surface area contributed by atoms with E-state index in [4.69, 9.17) is 14.7 Å². The third-order valence-electron chi connectivity index (χ3n) is 6.27. The summed E-state index contributed by atoms with van der Waals surface area (Å²) in [4.78, 5) is 36.4. The number of nitriles is 1. The van der Waals surface area contributed by atoms with Gasteiger partial charge < -0.3 is 15.0 Å². The fourth-order valence-corrected chi connectivity index (χ4v) is 4.52. The highest BCUT2D eigenvalue weighted by Crippen LogP contribution is 2.31. The van der Waals surface area contributed by atoms with Crippen molar-refractivity contribution in [1.82, 2.24) is 15.3 Å². The van der Waals surface area contributed by atoms with Crippen molar-refractivity contribution >= 4 is 28.7 Å². The summed E-state index contributed by atoms with van der Waals surface area (Å²) in [6.07, 6.45) is 5.34. The molecule has 1 aromatic carbocycles. The van der Waals surface area contributed by atoms with Gasteiger partial charge in [-0.2, -0.15) is 5.26 Å². The Bertz CT molecular complexity index is 1000. The lowest BCUT2D eigenvalue weighted by molar-refractivity contribution is -0.146. The molecule has 8 heteroatoms. The van der Waals surface area contributed by atoms with Crippen molar-refractivity contribution in [3.63, 3.8) is 0 Å². The van der Waals surface area contributed by atoms with Gasteiger partial charge in [-0.3, -0.25) is 9.59 Å². The van der Waals surface area contributed by atoms with Crippen LogP contribution in [0.5, 0.6) is 0 Å². The van der Waals surface area contributed by atoms with E-state index < -0.39 is 5.92 Å². The lowest BCUT2D eigenvalue weighted by Gasteiger charge is -2.33. The van der Waals surface area contributed by atoms with E-state index in [-0.39, 0.29) is 23.8 Å². The Balaban J connectivity index is 1.65. The summed E-state index contributed by atoms with van der Waals surface area (Å²) >= 11 is 0. The molecule has 1 aliphatic heterocycles. The van der Waals surface area contributed by atoms with Gasteiger partial charge in [0.2, 0.25) is 5.91 Å². The molecule has 8 nitrogen and oxygen atoms in total. The van der Waals surface area contributed by atoms with Gasteiger partial charge in [0, 0.05) is 19.1 Å². The van der Waals surface area contributed by atoms with Gasteiger partial charge >= 0.3 is 5.97 Å². The molecule has 1 unspecified atom stereocenters. The Kier molecular flexibility index (Phi) is 6.31. The van der Waals surface area contributed by atoms with Crippen molar-refractivity contribution in [1.29, 1.82) is 5.26 Å². The van der Waals surface area contributed by atoms with Gasteiger partial charge in [-0.15, -0.1) is 0 Å². The largest absolute Gasteiger partial charge is 0.469 e. The summed E-state index contributed by atoms with van der Waals surface area (Å²) in [6.45, 7) is 1.17. The first kappa shape index (κ1) is 21.0. The molecule has 2 aromatic rings. The first-order valence-electron chi connectivity index (χ1n) is 10.9. The summed E-state index contributed by atoms with van der Waals surface area (Å²) in [5.74, 6) is -1.14. The monoisotopic (exact) mass is 421 g/mol. The molecule has 4 rings (SSSR count). The molecule has 2 aliphatic rings. The molecule has 1 saturated heterocycles. The number of esters is 1. The number of amides is 1. The highest BCUT2D eigenvalue weighted by Gasteiger charge is 2.33. The number of hydrogen-bond donors (Lipinski definition) is 1. The molecule has 162 valence electrons. The van der Waals surface area contributed by atoms with Crippen LogP contribution in [0, 0.1) is 17.2 Å². The third kappa shape index (κ3) is 4.46. The number of ether oxygens (including phenoxy) is 1. The first-order valence-corrected chi connectivity index (χ1v) is 10.9. The lowest BCUT2D eigenvalue weighted by atomic mass is 9.96. The Hall–Kier alpha value is -3.21. The van der Waals surface area contributed by atoms with Crippen LogP contribution < -0.4 is 10.2 Å². The van der Waals surface area contributed by atoms with E-state index in [1.807, 2.05) is 29.2 Å². The number of anilines is 1. The van der Waals surface area contributed by atoms with Crippen LogP contribution in [0.1, 0.15) is 50.1 Å². The summed E-state index contributed by atoms with van der Waals surface area (Å²) in [6, 6.07) is 9.74. The fourth-order valence-electron chi connectivity index (χ4n) is 4.52. The average Bonchev–Trinajstić information content (AvgIpc) is 3.31. The first-order chi connectivity index (χ1) is 15.1. The lowest BCUT2D eigenvalue weighted by Crippen LogP contribution is -2.40. The zero-order valence-electron chi connectivity index (χ0n) is 17.7. The van der Waals surface area contributed by atoms with E-state index in [0.29, 0.717) is 48.5 Å². The van der Waals surface area contributed by atoms with Crippen molar-refractivity contribution < 1.29 is 14.3 Å². The number of piperidine rings is 1. The van der Waals surface area contributed by atoms with Crippen molar-refractivity contribution in [3.8, 4) is 6.07 Å². The van der Waals surface area contributed by atoms with Gasteiger partial charge in [-0.1, -0.05) is 25.0 Å². The second-order valence-corrected chi connectivity index (χ2v) is 8.26. The normalized spacial score (nSPS) is 18.5. The molecule has 2 fully saturated rings. The number of para-hydroxylation sites is 2.